The van der Waals surface area contributed by atoms with Crippen molar-refractivity contribution in [3.63, 3.8) is 0 Å². The molecule has 3 heteroatoms. The van der Waals surface area contributed by atoms with E-state index in [2.05, 4.69) is 30.8 Å². The molecule has 19 heavy (non-hydrogen) atoms. The molecule has 0 fully saturated rings. The molecule has 3 nitrogen and oxygen atoms in total. The zero-order valence-corrected chi connectivity index (χ0v) is 12.1. The lowest BCUT2D eigenvalue weighted by atomic mass is 10.1. The number of ether oxygens (including phenoxy) is 1. The summed E-state index contributed by atoms with van der Waals surface area (Å²) in [6.45, 7) is 3.90. The van der Waals surface area contributed by atoms with Crippen molar-refractivity contribution in [3.05, 3.63) is 29.3 Å². The molecule has 104 valence electrons. The Labute approximate surface area is 116 Å². The molecule has 1 N–H and O–H groups in total. The van der Waals surface area contributed by atoms with Gasteiger partial charge in [-0.1, -0.05) is 11.8 Å². The minimum atomic E-state index is 0.110. The van der Waals surface area contributed by atoms with Gasteiger partial charge in [-0.15, -0.1) is 0 Å². The molecule has 0 spiro atoms. The van der Waals surface area contributed by atoms with E-state index in [4.69, 9.17) is 9.84 Å². The van der Waals surface area contributed by atoms with Crippen molar-refractivity contribution in [1.29, 1.82) is 0 Å². The van der Waals surface area contributed by atoms with Crippen LogP contribution >= 0.6 is 0 Å². The van der Waals surface area contributed by atoms with Crippen molar-refractivity contribution < 1.29 is 9.84 Å². The molecule has 1 aromatic carbocycles. The molecule has 0 saturated carbocycles. The van der Waals surface area contributed by atoms with Crippen molar-refractivity contribution in [2.24, 2.45) is 0 Å². The van der Waals surface area contributed by atoms with Gasteiger partial charge < -0.3 is 14.7 Å². The fraction of sp³-hybridized carbons (Fsp3) is 0.500. The SMILES string of the molecule is Cc1cc(C#CCCO)ccc1OCCCN(C)C. The summed E-state index contributed by atoms with van der Waals surface area (Å²) in [5, 5.41) is 8.68. The molecule has 0 aliphatic rings. The first-order chi connectivity index (χ1) is 9.13. The zero-order valence-electron chi connectivity index (χ0n) is 12.1. The summed E-state index contributed by atoms with van der Waals surface area (Å²) in [6.07, 6.45) is 1.53. The fourth-order valence-corrected chi connectivity index (χ4v) is 1.67. The van der Waals surface area contributed by atoms with Gasteiger partial charge in [0.15, 0.2) is 0 Å². The maximum absolute atomic E-state index is 8.68. The molecule has 0 heterocycles. The Hall–Kier alpha value is -1.50. The second kappa shape index (κ2) is 8.58. The van der Waals surface area contributed by atoms with Crippen molar-refractivity contribution in [1.82, 2.24) is 4.90 Å². The van der Waals surface area contributed by atoms with Crippen LogP contribution in [0.2, 0.25) is 0 Å². The van der Waals surface area contributed by atoms with E-state index in [0.717, 1.165) is 36.4 Å². The van der Waals surface area contributed by atoms with Gasteiger partial charge in [-0.25, -0.2) is 0 Å². The standard InChI is InChI=1S/C16H23NO2/c1-14-13-15(7-4-5-11-18)8-9-16(14)19-12-6-10-17(2)3/h8-9,13,18H,5-6,10-12H2,1-3H3. The Morgan fingerprint density at radius 3 is 2.74 bits per heavy atom. The van der Waals surface area contributed by atoms with Gasteiger partial charge in [0.1, 0.15) is 5.75 Å². The van der Waals surface area contributed by atoms with Crippen molar-refractivity contribution in [3.8, 4) is 17.6 Å². The lowest BCUT2D eigenvalue weighted by molar-refractivity contribution is 0.280. The molecule has 0 amide bonds. The Bertz CT molecular complexity index is 444. The third kappa shape index (κ3) is 6.28. The highest BCUT2D eigenvalue weighted by molar-refractivity contribution is 5.43. The van der Waals surface area contributed by atoms with E-state index in [1.807, 2.05) is 25.1 Å². The molecule has 0 unspecified atom stereocenters. The van der Waals surface area contributed by atoms with E-state index >= 15 is 0 Å². The van der Waals surface area contributed by atoms with Gasteiger partial charge in [0.25, 0.3) is 0 Å². The number of rotatable bonds is 6. The summed E-state index contributed by atoms with van der Waals surface area (Å²) < 4.78 is 5.75. The van der Waals surface area contributed by atoms with Crippen LogP contribution in [0.25, 0.3) is 0 Å². The fourth-order valence-electron chi connectivity index (χ4n) is 1.67. The number of aliphatic hydroxyl groups is 1. The quantitative estimate of drug-likeness (QED) is 0.628. The first kappa shape index (κ1) is 15.6. The van der Waals surface area contributed by atoms with Crippen LogP contribution in [-0.2, 0) is 0 Å². The van der Waals surface area contributed by atoms with E-state index < -0.39 is 0 Å². The topological polar surface area (TPSA) is 32.7 Å². The normalized spacial score (nSPS) is 10.2. The first-order valence-corrected chi connectivity index (χ1v) is 6.61. The smallest absolute Gasteiger partial charge is 0.122 e. The van der Waals surface area contributed by atoms with Gasteiger partial charge in [0.2, 0.25) is 0 Å². The molecule has 0 aliphatic carbocycles. The van der Waals surface area contributed by atoms with Crippen LogP contribution in [0.3, 0.4) is 0 Å². The van der Waals surface area contributed by atoms with E-state index in [-0.39, 0.29) is 6.61 Å². The number of aryl methyl sites for hydroxylation is 1. The van der Waals surface area contributed by atoms with Crippen LogP contribution in [0.15, 0.2) is 18.2 Å². The number of hydrogen-bond donors (Lipinski definition) is 1. The van der Waals surface area contributed by atoms with Crippen LogP contribution in [0.1, 0.15) is 24.0 Å². The number of aliphatic hydroxyl groups excluding tert-OH is 1. The second-order valence-electron chi connectivity index (χ2n) is 4.76. The van der Waals surface area contributed by atoms with Crippen LogP contribution in [0.4, 0.5) is 0 Å². The highest BCUT2D eigenvalue weighted by Gasteiger charge is 2.00. The molecule has 0 bridgehead atoms. The number of hydrogen-bond acceptors (Lipinski definition) is 3. The molecule has 1 aromatic rings. The predicted octanol–water partition coefficient (Wildman–Crippen LogP) is 2.06. The Morgan fingerprint density at radius 1 is 1.32 bits per heavy atom. The van der Waals surface area contributed by atoms with E-state index in [9.17, 15) is 0 Å². The Morgan fingerprint density at radius 2 is 2.11 bits per heavy atom. The minimum absolute atomic E-state index is 0.110. The van der Waals surface area contributed by atoms with Crippen molar-refractivity contribution in [2.45, 2.75) is 19.8 Å². The number of nitrogens with zero attached hydrogens (tertiary/aromatic N) is 1. The molecule has 0 saturated heterocycles. The predicted molar refractivity (Wildman–Crippen MR) is 78.4 cm³/mol. The summed E-state index contributed by atoms with van der Waals surface area (Å²) >= 11 is 0. The molecule has 0 aromatic heterocycles. The monoisotopic (exact) mass is 261 g/mol. The molecular formula is C16H23NO2. The first-order valence-electron chi connectivity index (χ1n) is 6.61. The maximum atomic E-state index is 8.68. The van der Waals surface area contributed by atoms with Gasteiger partial charge in [-0.05, 0) is 51.2 Å². The van der Waals surface area contributed by atoms with Gasteiger partial charge in [-0.2, -0.15) is 0 Å². The zero-order chi connectivity index (χ0) is 14.1. The van der Waals surface area contributed by atoms with Gasteiger partial charge in [0.05, 0.1) is 13.2 Å². The average molecular weight is 261 g/mol. The molecule has 0 atom stereocenters. The van der Waals surface area contributed by atoms with Gasteiger partial charge in [0, 0.05) is 18.5 Å². The van der Waals surface area contributed by atoms with E-state index in [1.165, 1.54) is 0 Å². The highest BCUT2D eigenvalue weighted by Crippen LogP contribution is 2.18. The molecule has 0 aliphatic heterocycles. The highest BCUT2D eigenvalue weighted by atomic mass is 16.5. The summed E-state index contributed by atoms with van der Waals surface area (Å²) in [6, 6.07) is 5.94. The molecule has 1 rings (SSSR count). The second-order valence-corrected chi connectivity index (χ2v) is 4.76. The molecular weight excluding hydrogens is 238 g/mol. The minimum Gasteiger partial charge on any atom is -0.493 e. The lowest BCUT2D eigenvalue weighted by Crippen LogP contribution is -2.15. The summed E-state index contributed by atoms with van der Waals surface area (Å²) in [7, 11) is 4.12. The molecule has 0 radical (unpaired) electrons. The van der Waals surface area contributed by atoms with Crippen LogP contribution in [0, 0.1) is 18.8 Å². The maximum Gasteiger partial charge on any atom is 0.122 e. The third-order valence-electron chi connectivity index (χ3n) is 2.65. The van der Waals surface area contributed by atoms with Crippen LogP contribution in [-0.4, -0.2) is 43.9 Å². The Kier molecular flexibility index (Phi) is 7.02. The van der Waals surface area contributed by atoms with Gasteiger partial charge in [-0.3, -0.25) is 0 Å². The van der Waals surface area contributed by atoms with Crippen LogP contribution < -0.4 is 4.74 Å². The van der Waals surface area contributed by atoms with Crippen LogP contribution in [0.5, 0.6) is 5.75 Å². The Balaban J connectivity index is 2.51. The lowest BCUT2D eigenvalue weighted by Gasteiger charge is -2.12. The number of benzene rings is 1. The average Bonchev–Trinajstić information content (AvgIpc) is 2.36. The largest absolute Gasteiger partial charge is 0.493 e. The van der Waals surface area contributed by atoms with E-state index in [0.29, 0.717) is 6.42 Å². The summed E-state index contributed by atoms with van der Waals surface area (Å²) in [4.78, 5) is 2.15. The summed E-state index contributed by atoms with van der Waals surface area (Å²) in [5.74, 6) is 6.86. The van der Waals surface area contributed by atoms with E-state index in [1.54, 1.807) is 0 Å². The van der Waals surface area contributed by atoms with Crippen molar-refractivity contribution in [2.75, 3.05) is 33.9 Å². The van der Waals surface area contributed by atoms with Gasteiger partial charge >= 0.3 is 0 Å². The van der Waals surface area contributed by atoms with Crippen molar-refractivity contribution >= 4 is 0 Å². The third-order valence-corrected chi connectivity index (χ3v) is 2.65. The summed E-state index contributed by atoms with van der Waals surface area (Å²) in [5.41, 5.74) is 2.06.